The molecule has 1 aliphatic rings. The van der Waals surface area contributed by atoms with Gasteiger partial charge in [-0.25, -0.2) is 8.42 Å². The third-order valence-corrected chi connectivity index (χ3v) is 8.60. The van der Waals surface area contributed by atoms with Crippen molar-refractivity contribution in [2.75, 3.05) is 38.5 Å². The Balaban J connectivity index is 1.68. The van der Waals surface area contributed by atoms with E-state index in [1.54, 1.807) is 4.90 Å². The van der Waals surface area contributed by atoms with Gasteiger partial charge in [0.25, 0.3) is 5.91 Å². The number of piperidine rings is 1. The van der Waals surface area contributed by atoms with Crippen LogP contribution in [-0.2, 0) is 26.2 Å². The monoisotopic (exact) mass is 543 g/mol. The number of hydrogen-bond acceptors (Lipinski definition) is 5. The van der Waals surface area contributed by atoms with Gasteiger partial charge in [0, 0.05) is 32.2 Å². The molecule has 2 aromatic rings. The highest BCUT2D eigenvalue weighted by molar-refractivity contribution is 7.89. The Morgan fingerprint density at radius 1 is 1.00 bits per heavy atom. The lowest BCUT2D eigenvalue weighted by atomic mass is 10.0. The average molecular weight is 544 g/mol. The van der Waals surface area contributed by atoms with Crippen molar-refractivity contribution in [3.05, 3.63) is 66.2 Å². The fraction of sp³-hybridized carbons (Fsp3) is 0.517. The number of carbonyl (C=O) groups is 2. The van der Waals surface area contributed by atoms with Crippen molar-refractivity contribution in [2.24, 2.45) is 5.92 Å². The number of carbonyl (C=O) groups excluding carboxylic acids is 2. The van der Waals surface area contributed by atoms with Crippen molar-refractivity contribution in [1.82, 2.24) is 14.1 Å². The van der Waals surface area contributed by atoms with Crippen molar-refractivity contribution >= 4 is 21.8 Å². The van der Waals surface area contributed by atoms with Crippen LogP contribution in [0.3, 0.4) is 0 Å². The highest BCUT2D eigenvalue weighted by Crippen LogP contribution is 2.21. The number of likely N-dealkylation sites (tertiary alicyclic amines) is 1. The summed E-state index contributed by atoms with van der Waals surface area (Å²) in [5.41, 5.74) is 0.988. The summed E-state index contributed by atoms with van der Waals surface area (Å²) in [6, 6.07) is 18.9. The van der Waals surface area contributed by atoms with Gasteiger partial charge in [0.05, 0.1) is 12.3 Å². The fourth-order valence-electron chi connectivity index (χ4n) is 4.69. The molecule has 0 atom stereocenters. The minimum atomic E-state index is -3.53. The van der Waals surface area contributed by atoms with Gasteiger partial charge in [0.1, 0.15) is 5.75 Å². The van der Waals surface area contributed by atoms with Gasteiger partial charge in [-0.2, -0.15) is 4.31 Å². The molecule has 208 valence electrons. The standard InChI is InChI=1S/C29H41N3O5S/c1-4-19-38(35,36)31(20-24(2)3)22-28(33)32(21-25-11-7-5-8-12-25)26-15-17-30(18-16-26)29(34)23-37-27-13-9-6-10-14-27/h5-14,24,26H,4,15-23H2,1-3H3. The van der Waals surface area contributed by atoms with Crippen molar-refractivity contribution in [3.8, 4) is 5.75 Å². The summed E-state index contributed by atoms with van der Waals surface area (Å²) in [6.45, 7) is 7.28. The maximum absolute atomic E-state index is 13.7. The number of nitrogens with zero attached hydrogens (tertiary/aromatic N) is 3. The Morgan fingerprint density at radius 3 is 2.18 bits per heavy atom. The minimum absolute atomic E-state index is 0.0250. The zero-order valence-electron chi connectivity index (χ0n) is 22.8. The first-order valence-electron chi connectivity index (χ1n) is 13.5. The van der Waals surface area contributed by atoms with Gasteiger partial charge in [0.15, 0.2) is 6.61 Å². The first kappa shape index (κ1) is 29.6. The number of benzene rings is 2. The van der Waals surface area contributed by atoms with Crippen LogP contribution in [0.15, 0.2) is 60.7 Å². The first-order chi connectivity index (χ1) is 18.2. The molecule has 0 unspecified atom stereocenters. The van der Waals surface area contributed by atoms with E-state index in [0.717, 1.165) is 5.56 Å². The molecule has 0 bridgehead atoms. The summed E-state index contributed by atoms with van der Waals surface area (Å²) in [5, 5.41) is 0. The molecule has 0 saturated carbocycles. The van der Waals surface area contributed by atoms with E-state index in [1.165, 1.54) is 4.31 Å². The summed E-state index contributed by atoms with van der Waals surface area (Å²) < 4.78 is 32.8. The molecule has 8 nitrogen and oxygen atoms in total. The third kappa shape index (κ3) is 8.84. The van der Waals surface area contributed by atoms with Crippen LogP contribution >= 0.6 is 0 Å². The van der Waals surface area contributed by atoms with E-state index < -0.39 is 10.0 Å². The van der Waals surface area contributed by atoms with Crippen LogP contribution in [0.2, 0.25) is 0 Å². The van der Waals surface area contributed by atoms with Gasteiger partial charge in [0.2, 0.25) is 15.9 Å². The molecule has 9 heteroatoms. The normalized spacial score (nSPS) is 14.6. The van der Waals surface area contributed by atoms with E-state index in [2.05, 4.69) is 0 Å². The van der Waals surface area contributed by atoms with Gasteiger partial charge in [-0.1, -0.05) is 69.3 Å². The van der Waals surface area contributed by atoms with E-state index >= 15 is 0 Å². The highest BCUT2D eigenvalue weighted by atomic mass is 32.2. The Kier molecular flexibility index (Phi) is 11.2. The molecule has 2 aromatic carbocycles. The maximum Gasteiger partial charge on any atom is 0.260 e. The van der Waals surface area contributed by atoms with Crippen molar-refractivity contribution in [2.45, 2.75) is 52.6 Å². The molecule has 1 aliphatic heterocycles. The lowest BCUT2D eigenvalue weighted by molar-refractivity contribution is -0.138. The van der Waals surface area contributed by atoms with Crippen LogP contribution in [0.5, 0.6) is 5.75 Å². The molecule has 2 amide bonds. The van der Waals surface area contributed by atoms with E-state index in [0.29, 0.717) is 51.2 Å². The molecule has 0 N–H and O–H groups in total. The molecule has 1 heterocycles. The van der Waals surface area contributed by atoms with E-state index in [4.69, 9.17) is 4.74 Å². The Hall–Kier alpha value is -2.91. The van der Waals surface area contributed by atoms with Gasteiger partial charge in [-0.05, 0) is 42.9 Å². The van der Waals surface area contributed by atoms with Crippen molar-refractivity contribution in [1.29, 1.82) is 0 Å². The van der Waals surface area contributed by atoms with Gasteiger partial charge in [-0.15, -0.1) is 0 Å². The Bertz CT molecular complexity index is 1120. The predicted molar refractivity (Wildman–Crippen MR) is 149 cm³/mol. The molecule has 1 fully saturated rings. The van der Waals surface area contributed by atoms with Crippen molar-refractivity contribution in [3.63, 3.8) is 0 Å². The number of hydrogen-bond donors (Lipinski definition) is 0. The molecule has 1 saturated heterocycles. The second kappa shape index (κ2) is 14.3. The summed E-state index contributed by atoms with van der Waals surface area (Å²) in [5.74, 6) is 0.495. The average Bonchev–Trinajstić information content (AvgIpc) is 2.91. The smallest absolute Gasteiger partial charge is 0.260 e. The van der Waals surface area contributed by atoms with Crippen LogP contribution in [0.4, 0.5) is 0 Å². The largest absolute Gasteiger partial charge is 0.484 e. The van der Waals surface area contributed by atoms with Crippen LogP contribution in [0, 0.1) is 5.92 Å². The number of amides is 2. The van der Waals surface area contributed by atoms with Gasteiger partial charge < -0.3 is 14.5 Å². The van der Waals surface area contributed by atoms with E-state index in [-0.39, 0.29) is 42.7 Å². The summed E-state index contributed by atoms with van der Waals surface area (Å²) >= 11 is 0. The topological polar surface area (TPSA) is 87.2 Å². The molecule has 3 rings (SSSR count). The molecule has 38 heavy (non-hydrogen) atoms. The maximum atomic E-state index is 13.7. The first-order valence-corrected chi connectivity index (χ1v) is 15.1. The zero-order valence-corrected chi connectivity index (χ0v) is 23.6. The highest BCUT2D eigenvalue weighted by Gasteiger charge is 2.33. The summed E-state index contributed by atoms with van der Waals surface area (Å²) in [6.07, 6.45) is 1.75. The Labute approximate surface area is 227 Å². The minimum Gasteiger partial charge on any atom is -0.484 e. The molecular weight excluding hydrogens is 502 g/mol. The summed E-state index contributed by atoms with van der Waals surface area (Å²) in [7, 11) is -3.53. The number of para-hydroxylation sites is 1. The summed E-state index contributed by atoms with van der Waals surface area (Å²) in [4.78, 5) is 30.0. The van der Waals surface area contributed by atoms with Crippen LogP contribution in [0.1, 0.15) is 45.6 Å². The quantitative estimate of drug-likeness (QED) is 0.384. The van der Waals surface area contributed by atoms with Crippen LogP contribution in [0.25, 0.3) is 0 Å². The zero-order chi connectivity index (χ0) is 27.5. The molecule has 0 spiro atoms. The van der Waals surface area contributed by atoms with Crippen LogP contribution in [-0.4, -0.2) is 78.9 Å². The third-order valence-electron chi connectivity index (χ3n) is 6.62. The van der Waals surface area contributed by atoms with Gasteiger partial charge in [-0.3, -0.25) is 9.59 Å². The fourth-order valence-corrected chi connectivity index (χ4v) is 6.30. The van der Waals surface area contributed by atoms with E-state index in [9.17, 15) is 18.0 Å². The van der Waals surface area contributed by atoms with Crippen molar-refractivity contribution < 1.29 is 22.7 Å². The lowest BCUT2D eigenvalue weighted by Gasteiger charge is -2.39. The van der Waals surface area contributed by atoms with Crippen LogP contribution < -0.4 is 4.74 Å². The predicted octanol–water partition coefficient (Wildman–Crippen LogP) is 3.78. The number of ether oxygens (including phenoxy) is 1. The SMILES string of the molecule is CCCS(=O)(=O)N(CC(=O)N(Cc1ccccc1)C1CCN(C(=O)COc2ccccc2)CC1)CC(C)C. The molecule has 0 aromatic heterocycles. The Morgan fingerprint density at radius 2 is 1.61 bits per heavy atom. The van der Waals surface area contributed by atoms with E-state index in [1.807, 2.05) is 86.3 Å². The van der Waals surface area contributed by atoms with Gasteiger partial charge >= 0.3 is 0 Å². The molecule has 0 radical (unpaired) electrons. The molecule has 0 aliphatic carbocycles. The lowest BCUT2D eigenvalue weighted by Crippen LogP contribution is -2.52. The number of sulfonamides is 1. The second-order valence-electron chi connectivity index (χ2n) is 10.2. The molecular formula is C29H41N3O5S. The second-order valence-corrected chi connectivity index (χ2v) is 12.3. The number of rotatable bonds is 13.